The molecular weight excluding hydrogens is 370 g/mol. The van der Waals surface area contributed by atoms with Crippen molar-refractivity contribution >= 4 is 5.91 Å². The molecule has 1 aromatic carbocycles. The van der Waals surface area contributed by atoms with E-state index in [1.807, 2.05) is 0 Å². The first kappa shape index (κ1) is 23.3. The van der Waals surface area contributed by atoms with Gasteiger partial charge in [-0.15, -0.1) is 0 Å². The molecule has 4 heteroatoms. The summed E-state index contributed by atoms with van der Waals surface area (Å²) in [4.78, 5) is 18.2. The minimum Gasteiger partial charge on any atom is -0.352 e. The van der Waals surface area contributed by atoms with Crippen LogP contribution in [-0.2, 0) is 11.3 Å². The Kier molecular flexibility index (Phi) is 7.62. The first-order valence-electron chi connectivity index (χ1n) is 11.9. The number of nitrogens with zero attached hydrogens (tertiary/aromatic N) is 2. The second-order valence-corrected chi connectivity index (χ2v) is 11.4. The lowest BCUT2D eigenvalue weighted by molar-refractivity contribution is -0.128. The number of carbonyl (C=O) groups excluding carboxylic acids is 1. The molecule has 2 aliphatic rings. The Morgan fingerprint density at radius 1 is 1.17 bits per heavy atom. The van der Waals surface area contributed by atoms with E-state index in [9.17, 15) is 4.79 Å². The van der Waals surface area contributed by atoms with E-state index in [0.717, 1.165) is 38.4 Å². The summed E-state index contributed by atoms with van der Waals surface area (Å²) < 4.78 is 0. The SMILES string of the molecule is CC(C)C[C@@H](C(=O)N[C@@H]1CC[C@H]2CN(Cc3ccccc3)C[C@H]21)N(C)CC(C)(C)C. The van der Waals surface area contributed by atoms with Crippen LogP contribution in [0.5, 0.6) is 0 Å². The summed E-state index contributed by atoms with van der Waals surface area (Å²) in [6, 6.07) is 11.1. The number of carbonyl (C=O) groups is 1. The number of nitrogens with one attached hydrogen (secondary N) is 1. The van der Waals surface area contributed by atoms with E-state index in [4.69, 9.17) is 0 Å². The molecule has 1 heterocycles. The van der Waals surface area contributed by atoms with E-state index in [-0.39, 0.29) is 17.4 Å². The fourth-order valence-electron chi connectivity index (χ4n) is 5.58. The summed E-state index contributed by atoms with van der Waals surface area (Å²) in [5.74, 6) is 2.08. The highest BCUT2D eigenvalue weighted by Gasteiger charge is 2.43. The van der Waals surface area contributed by atoms with Crippen LogP contribution in [0.2, 0.25) is 0 Å². The summed E-state index contributed by atoms with van der Waals surface area (Å²) in [5.41, 5.74) is 1.57. The molecule has 2 fully saturated rings. The lowest BCUT2D eigenvalue weighted by atomic mass is 9.93. The van der Waals surface area contributed by atoms with E-state index in [1.54, 1.807) is 0 Å². The highest BCUT2D eigenvalue weighted by Crippen LogP contribution is 2.38. The predicted molar refractivity (Wildman–Crippen MR) is 125 cm³/mol. The van der Waals surface area contributed by atoms with Crippen molar-refractivity contribution in [2.45, 2.75) is 72.5 Å². The molecule has 1 N–H and O–H groups in total. The summed E-state index contributed by atoms with van der Waals surface area (Å²) in [6.45, 7) is 15.4. The van der Waals surface area contributed by atoms with Gasteiger partial charge in [-0.2, -0.15) is 0 Å². The van der Waals surface area contributed by atoms with Crippen LogP contribution in [0.4, 0.5) is 0 Å². The number of likely N-dealkylation sites (N-methyl/N-ethyl adjacent to an activating group) is 1. The van der Waals surface area contributed by atoms with Crippen LogP contribution in [0.15, 0.2) is 30.3 Å². The third-order valence-electron chi connectivity index (χ3n) is 6.76. The van der Waals surface area contributed by atoms with Gasteiger partial charge in [0, 0.05) is 32.2 Å². The molecule has 0 spiro atoms. The van der Waals surface area contributed by atoms with Gasteiger partial charge >= 0.3 is 0 Å². The lowest BCUT2D eigenvalue weighted by Crippen LogP contribution is -2.51. The summed E-state index contributed by atoms with van der Waals surface area (Å²) in [7, 11) is 2.12. The van der Waals surface area contributed by atoms with Crippen LogP contribution in [0, 0.1) is 23.2 Å². The zero-order chi connectivity index (χ0) is 21.9. The largest absolute Gasteiger partial charge is 0.352 e. The number of rotatable bonds is 8. The predicted octanol–water partition coefficient (Wildman–Crippen LogP) is 4.41. The fraction of sp³-hybridized carbons (Fsp3) is 0.731. The standard InChI is InChI=1S/C26H43N3O/c1-19(2)14-24(28(6)18-26(3,4)5)25(30)27-23-13-12-21-16-29(17-22(21)23)15-20-10-8-7-9-11-20/h7-11,19,21-24H,12-18H2,1-6H3,(H,27,30)/t21-,22+,23+,24-/m0/s1. The Bertz CT molecular complexity index is 681. The second kappa shape index (κ2) is 9.82. The molecule has 3 rings (SSSR count). The Morgan fingerprint density at radius 3 is 2.50 bits per heavy atom. The van der Waals surface area contributed by atoms with Crippen molar-refractivity contribution in [3.05, 3.63) is 35.9 Å². The van der Waals surface area contributed by atoms with Gasteiger partial charge in [0.05, 0.1) is 6.04 Å². The van der Waals surface area contributed by atoms with Gasteiger partial charge in [0.15, 0.2) is 0 Å². The number of likely N-dealkylation sites (tertiary alicyclic amines) is 1. The molecule has 0 radical (unpaired) electrons. The first-order valence-corrected chi connectivity index (χ1v) is 11.9. The molecule has 0 aromatic heterocycles. The van der Waals surface area contributed by atoms with E-state index >= 15 is 0 Å². The summed E-state index contributed by atoms with van der Waals surface area (Å²) in [6.07, 6.45) is 3.30. The number of hydrogen-bond donors (Lipinski definition) is 1. The first-order chi connectivity index (χ1) is 14.1. The van der Waals surface area contributed by atoms with Gasteiger partial charge in [-0.05, 0) is 55.0 Å². The zero-order valence-corrected chi connectivity index (χ0v) is 20.0. The third kappa shape index (κ3) is 6.31. The lowest BCUT2D eigenvalue weighted by Gasteiger charge is -2.34. The van der Waals surface area contributed by atoms with Crippen LogP contribution in [0.25, 0.3) is 0 Å². The van der Waals surface area contributed by atoms with Gasteiger partial charge < -0.3 is 5.32 Å². The Labute approximate surface area is 184 Å². The summed E-state index contributed by atoms with van der Waals surface area (Å²) >= 11 is 0. The molecule has 0 unspecified atom stereocenters. The van der Waals surface area contributed by atoms with Crippen molar-refractivity contribution < 1.29 is 4.79 Å². The monoisotopic (exact) mass is 413 g/mol. The normalized spacial score (nSPS) is 25.7. The highest BCUT2D eigenvalue weighted by atomic mass is 16.2. The zero-order valence-electron chi connectivity index (χ0n) is 20.0. The van der Waals surface area contributed by atoms with Gasteiger partial charge in [0.25, 0.3) is 0 Å². The third-order valence-corrected chi connectivity index (χ3v) is 6.76. The molecule has 1 amide bonds. The maximum atomic E-state index is 13.4. The quantitative estimate of drug-likeness (QED) is 0.686. The van der Waals surface area contributed by atoms with E-state index < -0.39 is 0 Å². The number of hydrogen-bond acceptors (Lipinski definition) is 3. The van der Waals surface area contributed by atoms with Gasteiger partial charge in [0.1, 0.15) is 0 Å². The molecule has 1 aliphatic heterocycles. The van der Waals surface area contributed by atoms with Gasteiger partial charge in [-0.3, -0.25) is 14.6 Å². The van der Waals surface area contributed by atoms with Gasteiger partial charge in [0.2, 0.25) is 5.91 Å². The van der Waals surface area contributed by atoms with Crippen molar-refractivity contribution in [1.29, 1.82) is 0 Å². The molecule has 1 saturated carbocycles. The van der Waals surface area contributed by atoms with Crippen LogP contribution >= 0.6 is 0 Å². The van der Waals surface area contributed by atoms with Crippen LogP contribution < -0.4 is 5.32 Å². The van der Waals surface area contributed by atoms with Crippen molar-refractivity contribution in [3.63, 3.8) is 0 Å². The fourth-order valence-corrected chi connectivity index (χ4v) is 5.58. The van der Waals surface area contributed by atoms with E-state index in [2.05, 4.69) is 87.1 Å². The van der Waals surface area contributed by atoms with E-state index in [0.29, 0.717) is 17.9 Å². The maximum absolute atomic E-state index is 13.4. The van der Waals surface area contributed by atoms with Gasteiger partial charge in [-0.1, -0.05) is 65.0 Å². The highest BCUT2D eigenvalue weighted by molar-refractivity contribution is 5.82. The summed E-state index contributed by atoms with van der Waals surface area (Å²) in [5, 5.41) is 3.50. The topological polar surface area (TPSA) is 35.6 Å². The number of amides is 1. The second-order valence-electron chi connectivity index (χ2n) is 11.4. The number of benzene rings is 1. The maximum Gasteiger partial charge on any atom is 0.237 e. The Morgan fingerprint density at radius 2 is 1.87 bits per heavy atom. The Balaban J connectivity index is 1.59. The minimum atomic E-state index is -0.0369. The average molecular weight is 414 g/mol. The molecule has 0 bridgehead atoms. The van der Waals surface area contributed by atoms with Crippen LogP contribution in [0.3, 0.4) is 0 Å². The molecule has 1 aliphatic carbocycles. The Hall–Kier alpha value is -1.39. The number of fused-ring (bicyclic) bond motifs is 1. The minimum absolute atomic E-state index is 0.0369. The molecule has 30 heavy (non-hydrogen) atoms. The van der Waals surface area contributed by atoms with Crippen LogP contribution in [-0.4, -0.2) is 54.5 Å². The average Bonchev–Trinajstić information content (AvgIpc) is 3.20. The molecule has 4 nitrogen and oxygen atoms in total. The molecular formula is C26H43N3O. The van der Waals surface area contributed by atoms with Crippen LogP contribution in [0.1, 0.15) is 59.4 Å². The van der Waals surface area contributed by atoms with Crippen molar-refractivity contribution in [2.75, 3.05) is 26.7 Å². The van der Waals surface area contributed by atoms with Crippen molar-refractivity contribution in [3.8, 4) is 0 Å². The van der Waals surface area contributed by atoms with E-state index in [1.165, 1.54) is 18.5 Å². The van der Waals surface area contributed by atoms with Crippen molar-refractivity contribution in [1.82, 2.24) is 15.1 Å². The molecule has 1 saturated heterocycles. The molecule has 168 valence electrons. The van der Waals surface area contributed by atoms with Gasteiger partial charge in [-0.25, -0.2) is 0 Å². The molecule has 4 atom stereocenters. The molecule has 1 aromatic rings. The van der Waals surface area contributed by atoms with Crippen molar-refractivity contribution in [2.24, 2.45) is 23.2 Å². The smallest absolute Gasteiger partial charge is 0.237 e.